The highest BCUT2D eigenvalue weighted by molar-refractivity contribution is 5.59. The first-order valence-corrected chi connectivity index (χ1v) is 7.85. The number of likely N-dealkylation sites (N-methyl/N-ethyl adjacent to an activating group) is 1. The zero-order valence-electron chi connectivity index (χ0n) is 13.5. The van der Waals surface area contributed by atoms with E-state index in [-0.39, 0.29) is 0 Å². The summed E-state index contributed by atoms with van der Waals surface area (Å²) in [6.45, 7) is 8.50. The van der Waals surface area contributed by atoms with Crippen molar-refractivity contribution in [1.29, 1.82) is 0 Å². The number of aromatic nitrogens is 3. The molecule has 0 spiro atoms. The number of nitrogens with zero attached hydrogens (tertiary/aromatic N) is 5. The molecular weight excluding hydrogens is 274 g/mol. The minimum Gasteiger partial charge on any atom is -0.354 e. The molecule has 2 aromatic heterocycles. The fourth-order valence-electron chi connectivity index (χ4n) is 2.56. The lowest BCUT2D eigenvalue weighted by Crippen LogP contribution is -2.44. The van der Waals surface area contributed by atoms with Gasteiger partial charge in [-0.2, -0.15) is 0 Å². The normalized spacial score (nSPS) is 16.3. The number of hydrogen-bond acceptors (Lipinski definition) is 5. The second-order valence-electron chi connectivity index (χ2n) is 6.18. The first kappa shape index (κ1) is 14.9. The van der Waals surface area contributed by atoms with Gasteiger partial charge in [0.05, 0.1) is 17.6 Å². The zero-order valence-corrected chi connectivity index (χ0v) is 13.5. The zero-order chi connectivity index (χ0) is 15.5. The minimum atomic E-state index is 0.380. The third kappa shape index (κ3) is 3.25. The molecule has 3 heterocycles. The Balaban J connectivity index is 1.78. The Kier molecular flexibility index (Phi) is 4.34. The molecule has 3 rings (SSSR count). The number of anilines is 1. The highest BCUT2D eigenvalue weighted by Gasteiger charge is 2.15. The van der Waals surface area contributed by atoms with E-state index in [2.05, 4.69) is 57.8 Å². The van der Waals surface area contributed by atoms with Gasteiger partial charge in [0.2, 0.25) is 0 Å². The average molecular weight is 297 g/mol. The van der Waals surface area contributed by atoms with Gasteiger partial charge in [-0.25, -0.2) is 9.97 Å². The maximum atomic E-state index is 4.67. The summed E-state index contributed by atoms with van der Waals surface area (Å²) in [6, 6.07) is 4.18. The van der Waals surface area contributed by atoms with Crippen molar-refractivity contribution in [3.8, 4) is 11.3 Å². The maximum Gasteiger partial charge on any atom is 0.128 e. The van der Waals surface area contributed by atoms with Crippen molar-refractivity contribution in [1.82, 2.24) is 19.9 Å². The van der Waals surface area contributed by atoms with E-state index in [0.29, 0.717) is 5.92 Å². The van der Waals surface area contributed by atoms with E-state index in [9.17, 15) is 0 Å². The van der Waals surface area contributed by atoms with Crippen molar-refractivity contribution in [2.24, 2.45) is 0 Å². The van der Waals surface area contributed by atoms with Gasteiger partial charge in [-0.3, -0.25) is 4.98 Å². The smallest absolute Gasteiger partial charge is 0.128 e. The molecule has 0 aliphatic carbocycles. The Morgan fingerprint density at radius 2 is 1.77 bits per heavy atom. The van der Waals surface area contributed by atoms with E-state index in [4.69, 9.17) is 0 Å². The van der Waals surface area contributed by atoms with Crippen molar-refractivity contribution in [3.05, 3.63) is 36.4 Å². The molecule has 1 saturated heterocycles. The Morgan fingerprint density at radius 1 is 1.00 bits per heavy atom. The largest absolute Gasteiger partial charge is 0.354 e. The van der Waals surface area contributed by atoms with Crippen LogP contribution in [0.25, 0.3) is 11.3 Å². The molecule has 5 heteroatoms. The molecule has 0 saturated carbocycles. The third-order valence-corrected chi connectivity index (χ3v) is 4.12. The van der Waals surface area contributed by atoms with Gasteiger partial charge in [0.15, 0.2) is 0 Å². The van der Waals surface area contributed by atoms with Gasteiger partial charge in [0.25, 0.3) is 0 Å². The van der Waals surface area contributed by atoms with Gasteiger partial charge >= 0.3 is 0 Å². The van der Waals surface area contributed by atoms with Crippen molar-refractivity contribution >= 4 is 5.82 Å². The van der Waals surface area contributed by atoms with E-state index in [1.807, 2.05) is 12.4 Å². The van der Waals surface area contributed by atoms with Gasteiger partial charge in [0.1, 0.15) is 5.82 Å². The van der Waals surface area contributed by atoms with Crippen LogP contribution in [0.15, 0.2) is 30.7 Å². The molecule has 0 aromatic carbocycles. The van der Waals surface area contributed by atoms with Crippen LogP contribution in [-0.2, 0) is 0 Å². The van der Waals surface area contributed by atoms with Crippen LogP contribution in [0, 0.1) is 0 Å². The van der Waals surface area contributed by atoms with E-state index >= 15 is 0 Å². The molecule has 0 radical (unpaired) electrons. The molecule has 0 bridgehead atoms. The van der Waals surface area contributed by atoms with Crippen LogP contribution >= 0.6 is 0 Å². The van der Waals surface area contributed by atoms with Crippen molar-refractivity contribution in [2.45, 2.75) is 19.8 Å². The van der Waals surface area contributed by atoms with Gasteiger partial charge in [-0.15, -0.1) is 0 Å². The third-order valence-electron chi connectivity index (χ3n) is 4.12. The quantitative estimate of drug-likeness (QED) is 0.870. The Bertz CT molecular complexity index is 615. The molecule has 22 heavy (non-hydrogen) atoms. The van der Waals surface area contributed by atoms with Gasteiger partial charge in [-0.1, -0.05) is 13.8 Å². The molecule has 1 fully saturated rings. The van der Waals surface area contributed by atoms with Crippen LogP contribution in [0.3, 0.4) is 0 Å². The molecule has 5 nitrogen and oxygen atoms in total. The topological polar surface area (TPSA) is 45.2 Å². The molecular formula is C17H23N5. The van der Waals surface area contributed by atoms with Gasteiger partial charge < -0.3 is 9.80 Å². The lowest BCUT2D eigenvalue weighted by atomic mass is 10.1. The van der Waals surface area contributed by atoms with E-state index in [1.165, 1.54) is 0 Å². The maximum absolute atomic E-state index is 4.67. The predicted molar refractivity (Wildman–Crippen MR) is 89.1 cm³/mol. The molecule has 0 atom stereocenters. The Labute approximate surface area is 132 Å². The van der Waals surface area contributed by atoms with Crippen LogP contribution in [0.4, 0.5) is 5.82 Å². The van der Waals surface area contributed by atoms with E-state index < -0.39 is 0 Å². The van der Waals surface area contributed by atoms with Crippen LogP contribution < -0.4 is 4.90 Å². The van der Waals surface area contributed by atoms with Crippen LogP contribution in [0.5, 0.6) is 0 Å². The fourth-order valence-corrected chi connectivity index (χ4v) is 2.56. The molecule has 1 aliphatic heterocycles. The van der Waals surface area contributed by atoms with Crippen molar-refractivity contribution in [3.63, 3.8) is 0 Å². The van der Waals surface area contributed by atoms with Crippen LogP contribution in [0.2, 0.25) is 0 Å². The van der Waals surface area contributed by atoms with Crippen LogP contribution in [0.1, 0.15) is 25.5 Å². The summed E-state index contributed by atoms with van der Waals surface area (Å²) in [6.07, 6.45) is 5.54. The first-order valence-electron chi connectivity index (χ1n) is 7.85. The summed E-state index contributed by atoms with van der Waals surface area (Å²) in [5.41, 5.74) is 2.93. The molecule has 0 N–H and O–H groups in total. The summed E-state index contributed by atoms with van der Waals surface area (Å²) in [4.78, 5) is 18.3. The standard InChI is InChI=1S/C17H23N5/c1-13(2)15-11-18-12-16(20-15)14-4-5-17(19-10-14)22-8-6-21(3)7-9-22/h4-5,10-13H,6-9H2,1-3H3. The molecule has 1 aliphatic rings. The van der Waals surface area contributed by atoms with Crippen molar-refractivity contribution in [2.75, 3.05) is 38.1 Å². The Hall–Kier alpha value is -2.01. The molecule has 2 aromatic rings. The summed E-state index contributed by atoms with van der Waals surface area (Å²) in [7, 11) is 2.16. The van der Waals surface area contributed by atoms with Gasteiger partial charge in [0, 0.05) is 44.1 Å². The summed E-state index contributed by atoms with van der Waals surface area (Å²) in [5, 5.41) is 0. The summed E-state index contributed by atoms with van der Waals surface area (Å²) < 4.78 is 0. The summed E-state index contributed by atoms with van der Waals surface area (Å²) in [5.74, 6) is 1.43. The van der Waals surface area contributed by atoms with E-state index in [0.717, 1.165) is 48.9 Å². The fraction of sp³-hybridized carbons (Fsp3) is 0.471. The second-order valence-corrected chi connectivity index (χ2v) is 6.18. The number of piperazine rings is 1. The van der Waals surface area contributed by atoms with Crippen LogP contribution in [-0.4, -0.2) is 53.1 Å². The highest BCUT2D eigenvalue weighted by Crippen LogP contribution is 2.21. The SMILES string of the molecule is CC(C)c1cncc(-c2ccc(N3CCN(C)CC3)nc2)n1. The highest BCUT2D eigenvalue weighted by atomic mass is 15.3. The lowest BCUT2D eigenvalue weighted by Gasteiger charge is -2.33. The summed E-state index contributed by atoms with van der Waals surface area (Å²) >= 11 is 0. The second kappa shape index (κ2) is 6.40. The minimum absolute atomic E-state index is 0.380. The average Bonchev–Trinajstić information content (AvgIpc) is 2.56. The Morgan fingerprint density at radius 3 is 2.41 bits per heavy atom. The molecule has 0 unspecified atom stereocenters. The molecule has 0 amide bonds. The number of pyridine rings is 1. The number of hydrogen-bond donors (Lipinski definition) is 0. The molecule has 116 valence electrons. The van der Waals surface area contributed by atoms with E-state index in [1.54, 1.807) is 6.20 Å². The predicted octanol–water partition coefficient (Wildman–Crippen LogP) is 2.41. The van der Waals surface area contributed by atoms with Gasteiger partial charge in [-0.05, 0) is 25.1 Å². The monoisotopic (exact) mass is 297 g/mol. The lowest BCUT2D eigenvalue weighted by molar-refractivity contribution is 0.312. The number of rotatable bonds is 3. The van der Waals surface area contributed by atoms with Crippen molar-refractivity contribution < 1.29 is 0 Å². The first-order chi connectivity index (χ1) is 10.6.